The summed E-state index contributed by atoms with van der Waals surface area (Å²) in [5, 5.41) is 2.04. The van der Waals surface area contributed by atoms with Crippen molar-refractivity contribution < 1.29 is 23.1 Å². The molecule has 0 fully saturated rings. The molecule has 2 atom stereocenters. The van der Waals surface area contributed by atoms with E-state index in [1.165, 1.54) is 20.3 Å². The van der Waals surface area contributed by atoms with Gasteiger partial charge in [0.2, 0.25) is 0 Å². The summed E-state index contributed by atoms with van der Waals surface area (Å²) in [5.41, 5.74) is 0.390. The molecule has 0 bridgehead atoms. The van der Waals surface area contributed by atoms with Gasteiger partial charge in [-0.15, -0.1) is 11.8 Å². The summed E-state index contributed by atoms with van der Waals surface area (Å²) in [6.07, 6.45) is 0.502. The van der Waals surface area contributed by atoms with Gasteiger partial charge in [0.25, 0.3) is 8.32 Å². The van der Waals surface area contributed by atoms with Gasteiger partial charge in [0.1, 0.15) is 11.5 Å². The highest BCUT2D eigenvalue weighted by molar-refractivity contribution is 6.99. The van der Waals surface area contributed by atoms with Crippen molar-refractivity contribution in [3.05, 3.63) is 83.9 Å². The lowest BCUT2D eigenvalue weighted by Gasteiger charge is -2.46. The van der Waals surface area contributed by atoms with Crippen LogP contribution >= 0.6 is 0 Å². The van der Waals surface area contributed by atoms with Gasteiger partial charge in [0.05, 0.1) is 25.9 Å². The maximum absolute atomic E-state index is 14.5. The van der Waals surface area contributed by atoms with Crippen LogP contribution < -0.4 is 19.8 Å². The Labute approximate surface area is 233 Å². The maximum Gasteiger partial charge on any atom is 0.336 e. The van der Waals surface area contributed by atoms with Crippen molar-refractivity contribution in [2.75, 3.05) is 14.2 Å². The monoisotopic (exact) mass is 546 g/mol. The number of rotatable bonds is 11. The maximum atomic E-state index is 14.5. The van der Waals surface area contributed by atoms with Crippen molar-refractivity contribution in [1.29, 1.82) is 0 Å². The van der Waals surface area contributed by atoms with Crippen LogP contribution in [0.2, 0.25) is 5.04 Å². The summed E-state index contributed by atoms with van der Waals surface area (Å²) < 4.78 is 32.8. The second-order valence-corrected chi connectivity index (χ2v) is 15.0. The molecule has 3 aromatic rings. The van der Waals surface area contributed by atoms with Gasteiger partial charge in [-0.1, -0.05) is 88.4 Å². The molecule has 0 heterocycles. The first-order valence-corrected chi connectivity index (χ1v) is 15.1. The molecule has 0 amide bonds. The minimum Gasteiger partial charge on any atom is -0.497 e. The van der Waals surface area contributed by atoms with Crippen molar-refractivity contribution in [2.45, 2.75) is 58.6 Å². The van der Waals surface area contributed by atoms with E-state index < -0.39 is 14.4 Å². The molecule has 0 aromatic heterocycles. The molecule has 4 nitrogen and oxygen atoms in total. The Bertz CT molecular complexity index is 1270. The van der Waals surface area contributed by atoms with Gasteiger partial charge >= 0.3 is 6.04 Å². The van der Waals surface area contributed by atoms with Gasteiger partial charge < -0.3 is 13.9 Å². The third kappa shape index (κ3) is 6.61. The highest BCUT2D eigenvalue weighted by Crippen LogP contribution is 2.40. The fraction of sp³-hybridized carbons (Fsp3) is 0.364. The zero-order valence-corrected chi connectivity index (χ0v) is 25.0. The fourth-order valence-corrected chi connectivity index (χ4v) is 9.98. The summed E-state index contributed by atoms with van der Waals surface area (Å²) in [7, 11) is 0.00448. The zero-order chi connectivity index (χ0) is 28.6. The molecule has 39 heavy (non-hydrogen) atoms. The quantitative estimate of drug-likeness (QED) is 0.160. The normalized spacial score (nSPS) is 13.1. The van der Waals surface area contributed by atoms with Crippen LogP contribution in [0.3, 0.4) is 0 Å². The summed E-state index contributed by atoms with van der Waals surface area (Å²) in [6.45, 7) is 10.6. The van der Waals surface area contributed by atoms with Crippen molar-refractivity contribution in [1.82, 2.24) is 0 Å². The second kappa shape index (κ2) is 13.1. The molecule has 0 saturated heterocycles. The van der Waals surface area contributed by atoms with E-state index in [4.69, 9.17) is 13.9 Å². The third-order valence-electron chi connectivity index (χ3n) is 7.21. The minimum absolute atomic E-state index is 0.0149. The number of carbonyl (C=O) groups is 1. The number of hydrogen-bond acceptors (Lipinski definition) is 4. The van der Waals surface area contributed by atoms with Crippen molar-refractivity contribution in [3.8, 4) is 23.3 Å². The molecule has 0 N–H and O–H groups in total. The van der Waals surface area contributed by atoms with Gasteiger partial charge in [-0.3, -0.25) is 4.79 Å². The lowest BCUT2D eigenvalue weighted by atomic mass is 9.92. The number of benzene rings is 3. The molecule has 0 aliphatic rings. The Morgan fingerprint density at radius 2 is 1.51 bits per heavy atom. The molecular formula is C33H39FO4Si. The highest BCUT2D eigenvalue weighted by atomic mass is 28.4. The molecule has 3 rings (SSSR count). The van der Waals surface area contributed by atoms with E-state index in [0.29, 0.717) is 17.7 Å². The molecule has 0 aliphatic carbocycles. The average Bonchev–Trinajstić information content (AvgIpc) is 2.93. The van der Waals surface area contributed by atoms with Crippen LogP contribution in [0.25, 0.3) is 0 Å². The van der Waals surface area contributed by atoms with E-state index in [-0.39, 0.29) is 34.8 Å². The average molecular weight is 547 g/mol. The molecule has 0 aliphatic heterocycles. The van der Waals surface area contributed by atoms with E-state index in [1.807, 2.05) is 43.3 Å². The minimum atomic E-state index is -2.95. The molecule has 3 aromatic carbocycles. The SMILES string of the molecule is CC#CC[C@H](C)[C@@H](Cc1cc(OC)cc(OC)c1C(=O)F)O[Si](c1ccccc1)(c1ccccc1)C(C)(C)C. The topological polar surface area (TPSA) is 44.8 Å². The Hall–Kier alpha value is -3.40. The summed E-state index contributed by atoms with van der Waals surface area (Å²) >= 11 is 0. The fourth-order valence-electron chi connectivity index (χ4n) is 5.20. The lowest BCUT2D eigenvalue weighted by molar-refractivity contribution is 0.0829. The van der Waals surface area contributed by atoms with E-state index in [0.717, 1.165) is 10.4 Å². The van der Waals surface area contributed by atoms with Crippen molar-refractivity contribution >= 4 is 24.7 Å². The molecule has 0 radical (unpaired) electrons. The van der Waals surface area contributed by atoms with E-state index in [1.54, 1.807) is 6.07 Å². The summed E-state index contributed by atoms with van der Waals surface area (Å²) in [6, 6.07) is 22.4. The second-order valence-electron chi connectivity index (χ2n) is 10.8. The van der Waals surface area contributed by atoms with Crippen molar-refractivity contribution in [2.24, 2.45) is 5.92 Å². The lowest BCUT2D eigenvalue weighted by Crippen LogP contribution is -2.68. The van der Waals surface area contributed by atoms with Crippen molar-refractivity contribution in [3.63, 3.8) is 0 Å². The molecule has 0 unspecified atom stereocenters. The van der Waals surface area contributed by atoms with Crippen LogP contribution in [0.1, 0.15) is 57.0 Å². The van der Waals surface area contributed by atoms with E-state index in [9.17, 15) is 9.18 Å². The van der Waals surface area contributed by atoms with Crippen LogP contribution in [0, 0.1) is 17.8 Å². The molecule has 206 valence electrons. The molecule has 0 spiro atoms. The summed E-state index contributed by atoms with van der Waals surface area (Å²) in [5.74, 6) is 6.80. The van der Waals surface area contributed by atoms with Crippen LogP contribution in [0.4, 0.5) is 4.39 Å². The largest absolute Gasteiger partial charge is 0.497 e. The number of hydrogen-bond donors (Lipinski definition) is 0. The third-order valence-corrected chi connectivity index (χ3v) is 12.3. The Morgan fingerprint density at radius 1 is 0.949 bits per heavy atom. The predicted molar refractivity (Wildman–Crippen MR) is 158 cm³/mol. The molecular weight excluding hydrogens is 507 g/mol. The Balaban J connectivity index is 2.27. The van der Waals surface area contributed by atoms with Crippen LogP contribution in [0.15, 0.2) is 72.8 Å². The first kappa shape index (κ1) is 30.1. The zero-order valence-electron chi connectivity index (χ0n) is 24.0. The first-order chi connectivity index (χ1) is 18.6. The van der Waals surface area contributed by atoms with Crippen LogP contribution in [-0.4, -0.2) is 34.7 Å². The van der Waals surface area contributed by atoms with Crippen LogP contribution in [-0.2, 0) is 10.8 Å². The Morgan fingerprint density at radius 3 is 1.95 bits per heavy atom. The number of halogens is 1. The first-order valence-electron chi connectivity index (χ1n) is 13.2. The number of methoxy groups -OCH3 is 2. The Kier molecular flexibility index (Phi) is 10.1. The highest BCUT2D eigenvalue weighted by Gasteiger charge is 2.52. The smallest absolute Gasteiger partial charge is 0.336 e. The van der Waals surface area contributed by atoms with Crippen LogP contribution in [0.5, 0.6) is 11.5 Å². The van der Waals surface area contributed by atoms with Gasteiger partial charge in [0, 0.05) is 12.5 Å². The van der Waals surface area contributed by atoms with Gasteiger partial charge in [-0.05, 0) is 46.3 Å². The molecule has 0 saturated carbocycles. The number of ether oxygens (including phenoxy) is 2. The standard InChI is InChI=1S/C33H39FO4Si/c1-8-9-16-24(2)29(22-25-21-26(36-6)23-30(37-7)31(25)32(34)35)38-39(33(3,4)5,27-17-12-10-13-18-27)28-19-14-11-15-20-28/h10-15,17-21,23-24,29H,16,22H2,1-7H3/t24-,29+/m0/s1. The van der Waals surface area contributed by atoms with E-state index >= 15 is 0 Å². The van der Waals surface area contributed by atoms with Gasteiger partial charge in [-0.25, -0.2) is 0 Å². The van der Waals surface area contributed by atoms with E-state index in [2.05, 4.69) is 63.8 Å². The summed E-state index contributed by atoms with van der Waals surface area (Å²) in [4.78, 5) is 12.2. The predicted octanol–water partition coefficient (Wildman–Crippen LogP) is 6.35. The molecule has 6 heteroatoms. The van der Waals surface area contributed by atoms with Gasteiger partial charge in [-0.2, -0.15) is 4.39 Å². The number of carbonyl (C=O) groups excluding carboxylic acids is 1. The van der Waals surface area contributed by atoms with Gasteiger partial charge in [0.15, 0.2) is 0 Å².